The zero-order valence-electron chi connectivity index (χ0n) is 16.9. The van der Waals surface area contributed by atoms with Crippen molar-refractivity contribution in [3.05, 3.63) is 87.7 Å². The largest absolute Gasteiger partial charge is 0.338 e. The van der Waals surface area contributed by atoms with Crippen LogP contribution in [-0.2, 0) is 10.2 Å². The first-order valence-electron chi connectivity index (χ1n) is 10.0. The number of hydrogen-bond acceptors (Lipinski definition) is 6. The molecule has 1 spiro atoms. The smallest absolute Gasteiger partial charge is 0.248 e. The maximum Gasteiger partial charge on any atom is 0.248 e. The van der Waals surface area contributed by atoms with E-state index in [2.05, 4.69) is 16.4 Å². The van der Waals surface area contributed by atoms with Crippen LogP contribution in [0.3, 0.4) is 0 Å². The lowest BCUT2D eigenvalue weighted by Crippen LogP contribution is -2.50. The van der Waals surface area contributed by atoms with E-state index in [1.807, 2.05) is 0 Å². The van der Waals surface area contributed by atoms with Gasteiger partial charge in [-0.2, -0.15) is 0 Å². The van der Waals surface area contributed by atoms with Crippen LogP contribution in [0.4, 0.5) is 11.6 Å². The van der Waals surface area contributed by atoms with Gasteiger partial charge in [0.2, 0.25) is 17.6 Å². The highest BCUT2D eigenvalue weighted by molar-refractivity contribution is 6.33. The number of carbonyl (C=O) groups excluding carboxylic acids is 3. The van der Waals surface area contributed by atoms with E-state index in [1.165, 1.54) is 4.90 Å². The molecule has 7 heteroatoms. The van der Waals surface area contributed by atoms with Crippen molar-refractivity contribution < 1.29 is 18.9 Å². The second-order valence-corrected chi connectivity index (χ2v) is 7.91. The molecular weight excluding hydrogens is 406 g/mol. The summed E-state index contributed by atoms with van der Waals surface area (Å²) in [5.74, 6) is 1.53. The van der Waals surface area contributed by atoms with E-state index in [4.69, 9.17) is 10.9 Å². The summed E-state index contributed by atoms with van der Waals surface area (Å²) in [6, 6.07) is 13.8. The van der Waals surface area contributed by atoms with Gasteiger partial charge in [-0.1, -0.05) is 53.5 Å². The first-order chi connectivity index (χ1) is 15.5. The van der Waals surface area contributed by atoms with E-state index in [-0.39, 0.29) is 46.4 Å². The number of nitrogens with one attached hydrogen (secondary N) is 1. The second-order valence-electron chi connectivity index (χ2n) is 7.91. The van der Waals surface area contributed by atoms with E-state index in [0.717, 1.165) is 0 Å². The Morgan fingerprint density at radius 2 is 1.75 bits per heavy atom. The summed E-state index contributed by atoms with van der Waals surface area (Å²) in [6.07, 6.45) is 5.57. The molecule has 0 saturated heterocycles. The van der Waals surface area contributed by atoms with Crippen LogP contribution >= 0.6 is 0 Å². The Labute approximate surface area is 182 Å². The van der Waals surface area contributed by atoms with Crippen LogP contribution in [0.25, 0.3) is 0 Å². The number of rotatable bonds is 1. The minimum atomic E-state index is -1.59. The fraction of sp³-hybridized carbons (Fsp3) is 0.120. The van der Waals surface area contributed by atoms with Crippen LogP contribution in [0.2, 0.25) is 0 Å². The molecule has 0 bridgehead atoms. The number of ketones is 2. The molecule has 3 aromatic rings. The lowest BCUT2D eigenvalue weighted by Gasteiger charge is -2.37. The van der Waals surface area contributed by atoms with Crippen LogP contribution < -0.4 is 10.2 Å². The molecule has 3 aliphatic rings. The highest BCUT2D eigenvalue weighted by Gasteiger charge is 2.63. The Morgan fingerprint density at radius 1 is 1.06 bits per heavy atom. The van der Waals surface area contributed by atoms with E-state index >= 15 is 0 Å². The molecule has 32 heavy (non-hydrogen) atoms. The average molecular weight is 421 g/mol. The van der Waals surface area contributed by atoms with Gasteiger partial charge in [0.25, 0.3) is 0 Å². The molecule has 7 nitrogen and oxygen atoms in total. The van der Waals surface area contributed by atoms with Crippen molar-refractivity contribution in [1.82, 2.24) is 5.16 Å². The van der Waals surface area contributed by atoms with Crippen LogP contribution in [0.1, 0.15) is 37.5 Å². The number of hydrogen-bond donors (Lipinski definition) is 1. The Kier molecular flexibility index (Phi) is 3.47. The average Bonchev–Trinajstić information content (AvgIpc) is 3.30. The minimum Gasteiger partial charge on any atom is -0.338 e. The predicted octanol–water partition coefficient (Wildman–Crippen LogP) is 3.01. The zero-order valence-corrected chi connectivity index (χ0v) is 16.9. The number of aromatic nitrogens is 1. The summed E-state index contributed by atoms with van der Waals surface area (Å²) in [7, 11) is 0. The number of carbonyl (C=O) groups is 3. The third kappa shape index (κ3) is 1.92. The van der Waals surface area contributed by atoms with E-state index in [0.29, 0.717) is 22.5 Å². The molecule has 0 radical (unpaired) electrons. The molecule has 1 atom stereocenters. The standard InChI is InChI=1S/C25H15N3O4/c1-3-12-28-17-11-7-6-10-16(17)25(24(28)31)18-13(2)27-32-23(18)26-20-19(25)21(29)14-8-4-5-9-15(14)22(20)30/h1,4-11,26H,12H2,2H3. The number of anilines is 2. The first-order valence-corrected chi connectivity index (χ1v) is 10.0. The number of Topliss-reactive ketones (excluding diaryl/α,β-unsaturated/α-hetero) is 2. The lowest BCUT2D eigenvalue weighted by atomic mass is 9.63. The summed E-state index contributed by atoms with van der Waals surface area (Å²) in [4.78, 5) is 43.1. The molecule has 154 valence electrons. The molecular formula is C25H15N3O4. The van der Waals surface area contributed by atoms with Gasteiger partial charge in [-0.15, -0.1) is 6.42 Å². The Balaban J connectivity index is 1.77. The van der Waals surface area contributed by atoms with Gasteiger partial charge < -0.3 is 9.84 Å². The number of terminal acetylenes is 1. The SMILES string of the molecule is C#CCN1C(=O)C2(C3=C(Nc4onc(C)c42)C(=O)c2ccccc2C3=O)c2ccccc21. The predicted molar refractivity (Wildman–Crippen MR) is 115 cm³/mol. The molecule has 6 rings (SSSR count). The van der Waals surface area contributed by atoms with Gasteiger partial charge in [0.05, 0.1) is 29.1 Å². The molecule has 1 aromatic heterocycles. The van der Waals surface area contributed by atoms with Gasteiger partial charge in [0.15, 0.2) is 5.78 Å². The number of amides is 1. The second kappa shape index (κ2) is 6.05. The number of benzene rings is 2. The molecule has 2 aliphatic heterocycles. The fourth-order valence-corrected chi connectivity index (χ4v) is 5.17. The summed E-state index contributed by atoms with van der Waals surface area (Å²) in [5.41, 5.74) is 1.09. The maximum absolute atomic E-state index is 14.2. The van der Waals surface area contributed by atoms with E-state index in [1.54, 1.807) is 55.5 Å². The third-order valence-corrected chi connectivity index (χ3v) is 6.39. The Hall–Kier alpha value is -4.44. The quantitative estimate of drug-likeness (QED) is 0.608. The van der Waals surface area contributed by atoms with Gasteiger partial charge in [-0.3, -0.25) is 19.3 Å². The number of para-hydroxylation sites is 1. The third-order valence-electron chi connectivity index (χ3n) is 6.39. The molecule has 2 aromatic carbocycles. The van der Waals surface area contributed by atoms with Crippen molar-refractivity contribution in [2.24, 2.45) is 0 Å². The van der Waals surface area contributed by atoms with Crippen molar-refractivity contribution in [3.8, 4) is 12.3 Å². The van der Waals surface area contributed by atoms with Gasteiger partial charge in [0.1, 0.15) is 5.41 Å². The van der Waals surface area contributed by atoms with E-state index < -0.39 is 11.3 Å². The Morgan fingerprint density at radius 3 is 2.50 bits per heavy atom. The van der Waals surface area contributed by atoms with Crippen molar-refractivity contribution in [1.29, 1.82) is 0 Å². The van der Waals surface area contributed by atoms with E-state index in [9.17, 15) is 14.4 Å². The van der Waals surface area contributed by atoms with Crippen molar-refractivity contribution in [3.63, 3.8) is 0 Å². The molecule has 1 aliphatic carbocycles. The normalized spacial score (nSPS) is 20.5. The first kappa shape index (κ1) is 18.3. The van der Waals surface area contributed by atoms with Gasteiger partial charge in [-0.05, 0) is 13.0 Å². The van der Waals surface area contributed by atoms with Crippen LogP contribution in [-0.4, -0.2) is 29.2 Å². The maximum atomic E-state index is 14.2. The van der Waals surface area contributed by atoms with Crippen molar-refractivity contribution in [2.75, 3.05) is 16.8 Å². The topological polar surface area (TPSA) is 92.5 Å². The minimum absolute atomic E-state index is 0.0199. The Bertz CT molecular complexity index is 1470. The summed E-state index contributed by atoms with van der Waals surface area (Å²) in [6.45, 7) is 1.73. The highest BCUT2D eigenvalue weighted by Crippen LogP contribution is 2.57. The van der Waals surface area contributed by atoms with Crippen LogP contribution in [0.5, 0.6) is 0 Å². The monoisotopic (exact) mass is 421 g/mol. The van der Waals surface area contributed by atoms with Gasteiger partial charge >= 0.3 is 0 Å². The van der Waals surface area contributed by atoms with Crippen molar-refractivity contribution in [2.45, 2.75) is 12.3 Å². The zero-order chi connectivity index (χ0) is 22.2. The number of nitrogens with zero attached hydrogens (tertiary/aromatic N) is 2. The highest BCUT2D eigenvalue weighted by atomic mass is 16.5. The van der Waals surface area contributed by atoms with Crippen LogP contribution in [0, 0.1) is 19.3 Å². The van der Waals surface area contributed by atoms with Gasteiger partial charge in [-0.25, -0.2) is 0 Å². The van der Waals surface area contributed by atoms with Gasteiger partial charge in [0, 0.05) is 22.4 Å². The molecule has 3 heterocycles. The molecule has 1 amide bonds. The van der Waals surface area contributed by atoms with Crippen molar-refractivity contribution >= 4 is 29.0 Å². The fourth-order valence-electron chi connectivity index (χ4n) is 5.17. The van der Waals surface area contributed by atoms with Crippen LogP contribution in [0.15, 0.2) is 64.3 Å². The molecule has 0 saturated carbocycles. The number of fused-ring (bicyclic) bond motifs is 6. The summed E-state index contributed by atoms with van der Waals surface area (Å²) < 4.78 is 5.48. The number of aryl methyl sites for hydroxylation is 1. The lowest BCUT2D eigenvalue weighted by molar-refractivity contribution is -0.120. The summed E-state index contributed by atoms with van der Waals surface area (Å²) in [5, 5.41) is 7.01. The number of allylic oxidation sites excluding steroid dienone is 1. The summed E-state index contributed by atoms with van der Waals surface area (Å²) >= 11 is 0. The molecule has 1 unspecified atom stereocenters. The molecule has 0 fully saturated rings. The molecule has 1 N–H and O–H groups in total.